The summed E-state index contributed by atoms with van der Waals surface area (Å²) >= 11 is 0. The number of carbonyl (C=O) groups excluding carboxylic acids is 1. The third kappa shape index (κ3) is 4.82. The number of nitrogens with one attached hydrogen (secondary N) is 1. The lowest BCUT2D eigenvalue weighted by Crippen LogP contribution is -2.42. The average molecular weight is 191 g/mol. The molecule has 78 valence electrons. The molecule has 0 aromatic rings. The van der Waals surface area contributed by atoms with Gasteiger partial charge in [-0.15, -0.1) is 0 Å². The molecule has 0 bridgehead atoms. The first-order valence-corrected chi connectivity index (χ1v) is 4.23. The Morgan fingerprint density at radius 1 is 1.38 bits per heavy atom. The van der Waals surface area contributed by atoms with Gasteiger partial charge >= 0.3 is 0 Å². The van der Waals surface area contributed by atoms with E-state index >= 15 is 0 Å². The van der Waals surface area contributed by atoms with Crippen molar-refractivity contribution in [3.63, 3.8) is 0 Å². The van der Waals surface area contributed by atoms with E-state index in [4.69, 9.17) is 10.2 Å². The standard InChI is InChI=1S/C8H17NO4/c1-5(2)7(12)8(13)9-3-6(11)4-10/h5-7,10-12H,3-4H2,1-2H3,(H,9,13)/t6-,7+/m0/s1. The predicted molar refractivity (Wildman–Crippen MR) is 46.9 cm³/mol. The van der Waals surface area contributed by atoms with Crippen molar-refractivity contribution >= 4 is 5.91 Å². The van der Waals surface area contributed by atoms with E-state index in [1.807, 2.05) is 0 Å². The lowest BCUT2D eigenvalue weighted by Gasteiger charge is -2.15. The zero-order valence-corrected chi connectivity index (χ0v) is 7.90. The fourth-order valence-electron chi connectivity index (χ4n) is 0.690. The Hall–Kier alpha value is -0.650. The van der Waals surface area contributed by atoms with Crippen LogP contribution in [0.3, 0.4) is 0 Å². The summed E-state index contributed by atoms with van der Waals surface area (Å²) in [7, 11) is 0. The molecule has 0 heterocycles. The molecule has 0 rings (SSSR count). The van der Waals surface area contributed by atoms with Crippen LogP contribution in [0.1, 0.15) is 13.8 Å². The Labute approximate surface area is 77.4 Å². The maximum Gasteiger partial charge on any atom is 0.249 e. The lowest BCUT2D eigenvalue weighted by molar-refractivity contribution is -0.131. The van der Waals surface area contributed by atoms with Crippen molar-refractivity contribution in [2.24, 2.45) is 5.92 Å². The summed E-state index contributed by atoms with van der Waals surface area (Å²) in [6.45, 7) is 2.98. The fourth-order valence-corrected chi connectivity index (χ4v) is 0.690. The first-order valence-electron chi connectivity index (χ1n) is 4.23. The Bertz CT molecular complexity index is 160. The molecule has 13 heavy (non-hydrogen) atoms. The minimum atomic E-state index is -1.06. The fraction of sp³-hybridized carbons (Fsp3) is 0.875. The van der Waals surface area contributed by atoms with E-state index in [2.05, 4.69) is 5.32 Å². The predicted octanol–water partition coefficient (Wildman–Crippen LogP) is -1.53. The van der Waals surface area contributed by atoms with Crippen LogP contribution in [0.5, 0.6) is 0 Å². The highest BCUT2D eigenvalue weighted by Gasteiger charge is 2.18. The van der Waals surface area contributed by atoms with Crippen molar-refractivity contribution in [3.05, 3.63) is 0 Å². The van der Waals surface area contributed by atoms with E-state index in [9.17, 15) is 9.90 Å². The van der Waals surface area contributed by atoms with Crippen LogP contribution in [-0.4, -0.2) is 46.6 Å². The molecule has 0 aromatic carbocycles. The van der Waals surface area contributed by atoms with Crippen molar-refractivity contribution in [2.45, 2.75) is 26.1 Å². The van der Waals surface area contributed by atoms with Gasteiger partial charge in [-0.3, -0.25) is 4.79 Å². The topological polar surface area (TPSA) is 89.8 Å². The third-order valence-corrected chi connectivity index (χ3v) is 1.62. The second-order valence-electron chi connectivity index (χ2n) is 3.27. The third-order valence-electron chi connectivity index (χ3n) is 1.62. The number of hydrogen-bond acceptors (Lipinski definition) is 4. The lowest BCUT2D eigenvalue weighted by atomic mass is 10.1. The zero-order valence-electron chi connectivity index (χ0n) is 7.90. The minimum Gasteiger partial charge on any atom is -0.394 e. The molecule has 0 unspecified atom stereocenters. The van der Waals surface area contributed by atoms with Crippen LogP contribution in [0.4, 0.5) is 0 Å². The highest BCUT2D eigenvalue weighted by molar-refractivity contribution is 5.80. The zero-order chi connectivity index (χ0) is 10.4. The molecule has 0 aromatic heterocycles. The van der Waals surface area contributed by atoms with Gasteiger partial charge in [0.05, 0.1) is 12.7 Å². The first-order chi connectivity index (χ1) is 5.99. The second kappa shape index (κ2) is 5.90. The van der Waals surface area contributed by atoms with Crippen LogP contribution >= 0.6 is 0 Å². The van der Waals surface area contributed by atoms with Crippen LogP contribution < -0.4 is 5.32 Å². The quantitative estimate of drug-likeness (QED) is 0.424. The van der Waals surface area contributed by atoms with E-state index in [0.717, 1.165) is 0 Å². The van der Waals surface area contributed by atoms with Crippen LogP contribution in [0.25, 0.3) is 0 Å². The van der Waals surface area contributed by atoms with Gasteiger partial charge in [-0.05, 0) is 5.92 Å². The molecule has 5 heteroatoms. The second-order valence-corrected chi connectivity index (χ2v) is 3.27. The van der Waals surface area contributed by atoms with Gasteiger partial charge in [-0.2, -0.15) is 0 Å². The average Bonchev–Trinajstić information content (AvgIpc) is 2.11. The SMILES string of the molecule is CC(C)[C@@H](O)C(=O)NC[C@H](O)CO. The van der Waals surface area contributed by atoms with E-state index in [1.54, 1.807) is 13.8 Å². The van der Waals surface area contributed by atoms with Crippen LogP contribution in [0, 0.1) is 5.92 Å². The van der Waals surface area contributed by atoms with Crippen molar-refractivity contribution < 1.29 is 20.1 Å². The van der Waals surface area contributed by atoms with Gasteiger partial charge in [0.15, 0.2) is 0 Å². The van der Waals surface area contributed by atoms with Gasteiger partial charge < -0.3 is 20.6 Å². The van der Waals surface area contributed by atoms with Crippen molar-refractivity contribution in [1.29, 1.82) is 0 Å². The van der Waals surface area contributed by atoms with E-state index in [-0.39, 0.29) is 12.5 Å². The summed E-state index contributed by atoms with van der Waals surface area (Å²) in [4.78, 5) is 11.1. The Kier molecular flexibility index (Phi) is 5.61. The Morgan fingerprint density at radius 2 is 1.92 bits per heavy atom. The molecule has 0 saturated heterocycles. The summed E-state index contributed by atoms with van der Waals surface area (Å²) < 4.78 is 0. The van der Waals surface area contributed by atoms with Gasteiger partial charge in [0.25, 0.3) is 0 Å². The van der Waals surface area contributed by atoms with E-state index in [0.29, 0.717) is 0 Å². The Morgan fingerprint density at radius 3 is 2.31 bits per heavy atom. The number of aliphatic hydroxyl groups is 3. The van der Waals surface area contributed by atoms with E-state index in [1.165, 1.54) is 0 Å². The number of carbonyl (C=O) groups is 1. The highest BCUT2D eigenvalue weighted by atomic mass is 16.3. The molecule has 0 radical (unpaired) electrons. The first kappa shape index (κ1) is 12.3. The smallest absolute Gasteiger partial charge is 0.249 e. The molecule has 0 saturated carbocycles. The number of hydrogen-bond donors (Lipinski definition) is 4. The van der Waals surface area contributed by atoms with Crippen molar-refractivity contribution in [1.82, 2.24) is 5.32 Å². The monoisotopic (exact) mass is 191 g/mol. The van der Waals surface area contributed by atoms with Gasteiger partial charge in [0, 0.05) is 6.54 Å². The Balaban J connectivity index is 3.74. The molecule has 0 aliphatic carbocycles. The molecule has 0 spiro atoms. The molecule has 4 N–H and O–H groups in total. The summed E-state index contributed by atoms with van der Waals surface area (Å²) in [6.07, 6.45) is -2.03. The van der Waals surface area contributed by atoms with Gasteiger partial charge in [-0.25, -0.2) is 0 Å². The van der Waals surface area contributed by atoms with Gasteiger partial charge in [0.2, 0.25) is 5.91 Å². The molecule has 5 nitrogen and oxygen atoms in total. The van der Waals surface area contributed by atoms with E-state index < -0.39 is 24.7 Å². The molecule has 2 atom stereocenters. The van der Waals surface area contributed by atoms with Crippen LogP contribution in [-0.2, 0) is 4.79 Å². The number of rotatable bonds is 5. The largest absolute Gasteiger partial charge is 0.394 e. The van der Waals surface area contributed by atoms with Crippen LogP contribution in [0.15, 0.2) is 0 Å². The molecule has 0 aliphatic rings. The molecule has 1 amide bonds. The highest BCUT2D eigenvalue weighted by Crippen LogP contribution is 2.00. The summed E-state index contributed by atoms with van der Waals surface area (Å²) in [5, 5.41) is 28.9. The number of aliphatic hydroxyl groups excluding tert-OH is 3. The maximum absolute atomic E-state index is 11.1. The van der Waals surface area contributed by atoms with Crippen molar-refractivity contribution in [3.8, 4) is 0 Å². The summed E-state index contributed by atoms with van der Waals surface area (Å²) in [6, 6.07) is 0. The van der Waals surface area contributed by atoms with Crippen molar-refractivity contribution in [2.75, 3.05) is 13.2 Å². The minimum absolute atomic E-state index is 0.0425. The normalized spacial score (nSPS) is 15.5. The molecular formula is C8H17NO4. The van der Waals surface area contributed by atoms with Crippen LogP contribution in [0.2, 0.25) is 0 Å². The van der Waals surface area contributed by atoms with Gasteiger partial charge in [0.1, 0.15) is 6.10 Å². The summed E-state index contributed by atoms with van der Waals surface area (Å²) in [5.74, 6) is -0.686. The molecule has 0 aliphatic heterocycles. The van der Waals surface area contributed by atoms with Gasteiger partial charge in [-0.1, -0.05) is 13.8 Å². The molecule has 0 fully saturated rings. The maximum atomic E-state index is 11.1. The number of amides is 1. The molecular weight excluding hydrogens is 174 g/mol. The summed E-state index contributed by atoms with van der Waals surface area (Å²) in [5.41, 5.74) is 0.